The SMILES string of the molecule is C[C@H](NC(=O)c1cc2cc(C(F)(F)F)cnc2[nH]1)C(=O)N1CCC2(CC1)CC2. The number of alkyl halides is 3. The van der Waals surface area contributed by atoms with Crippen LogP contribution in [0.15, 0.2) is 18.3 Å². The van der Waals surface area contributed by atoms with Crippen LogP contribution in [0.25, 0.3) is 11.0 Å². The number of fused-ring (bicyclic) bond motifs is 1. The van der Waals surface area contributed by atoms with Gasteiger partial charge in [0.25, 0.3) is 5.91 Å². The number of nitrogens with zero attached hydrogens (tertiary/aromatic N) is 2. The van der Waals surface area contributed by atoms with Gasteiger partial charge >= 0.3 is 6.18 Å². The molecule has 1 saturated heterocycles. The van der Waals surface area contributed by atoms with Crippen molar-refractivity contribution in [1.82, 2.24) is 20.2 Å². The highest BCUT2D eigenvalue weighted by Crippen LogP contribution is 2.53. The summed E-state index contributed by atoms with van der Waals surface area (Å²) >= 11 is 0. The van der Waals surface area contributed by atoms with Crippen molar-refractivity contribution in [1.29, 1.82) is 0 Å². The number of carbonyl (C=O) groups is 2. The van der Waals surface area contributed by atoms with Crippen LogP contribution in [-0.4, -0.2) is 45.8 Å². The van der Waals surface area contributed by atoms with Gasteiger partial charge in [-0.15, -0.1) is 0 Å². The molecular formula is C19H21F3N4O2. The number of pyridine rings is 1. The van der Waals surface area contributed by atoms with Gasteiger partial charge in [0.15, 0.2) is 0 Å². The van der Waals surface area contributed by atoms with E-state index < -0.39 is 23.7 Å². The highest BCUT2D eigenvalue weighted by molar-refractivity contribution is 5.99. The monoisotopic (exact) mass is 394 g/mol. The van der Waals surface area contributed by atoms with E-state index in [2.05, 4.69) is 15.3 Å². The van der Waals surface area contributed by atoms with Crippen molar-refractivity contribution in [3.63, 3.8) is 0 Å². The van der Waals surface area contributed by atoms with E-state index in [1.54, 1.807) is 11.8 Å². The van der Waals surface area contributed by atoms with E-state index in [1.165, 1.54) is 18.9 Å². The van der Waals surface area contributed by atoms with Crippen molar-refractivity contribution in [2.45, 2.75) is 44.8 Å². The Hall–Kier alpha value is -2.58. The molecule has 2 aliphatic rings. The molecular weight excluding hydrogens is 373 g/mol. The van der Waals surface area contributed by atoms with Gasteiger partial charge < -0.3 is 15.2 Å². The predicted octanol–water partition coefficient (Wildman–Crippen LogP) is 3.10. The third-order valence-corrected chi connectivity index (χ3v) is 5.85. The van der Waals surface area contributed by atoms with E-state index in [1.807, 2.05) is 0 Å². The number of H-pyrrole nitrogens is 1. The van der Waals surface area contributed by atoms with Gasteiger partial charge in [-0.3, -0.25) is 9.59 Å². The quantitative estimate of drug-likeness (QED) is 0.840. The third kappa shape index (κ3) is 3.57. The number of halogens is 3. The van der Waals surface area contributed by atoms with Gasteiger partial charge in [0.05, 0.1) is 5.56 Å². The van der Waals surface area contributed by atoms with Gasteiger partial charge in [0.2, 0.25) is 5.91 Å². The van der Waals surface area contributed by atoms with Crippen LogP contribution < -0.4 is 5.32 Å². The summed E-state index contributed by atoms with van der Waals surface area (Å²) in [7, 11) is 0. The van der Waals surface area contributed by atoms with E-state index in [-0.39, 0.29) is 22.6 Å². The number of aromatic amines is 1. The van der Waals surface area contributed by atoms with Crippen molar-refractivity contribution in [3.8, 4) is 0 Å². The number of likely N-dealkylation sites (tertiary alicyclic amines) is 1. The molecule has 1 atom stereocenters. The second-order valence-corrected chi connectivity index (χ2v) is 7.86. The Bertz CT molecular complexity index is 923. The van der Waals surface area contributed by atoms with Crippen LogP contribution in [0.3, 0.4) is 0 Å². The number of hydrogen-bond acceptors (Lipinski definition) is 3. The molecule has 2 aromatic heterocycles. The topological polar surface area (TPSA) is 78.1 Å². The second-order valence-electron chi connectivity index (χ2n) is 7.86. The molecule has 150 valence electrons. The Morgan fingerprint density at radius 3 is 2.50 bits per heavy atom. The molecule has 0 bridgehead atoms. The van der Waals surface area contributed by atoms with Gasteiger partial charge in [-0.25, -0.2) is 4.98 Å². The zero-order valence-corrected chi connectivity index (χ0v) is 15.4. The van der Waals surface area contributed by atoms with Crippen molar-refractivity contribution in [2.24, 2.45) is 5.41 Å². The summed E-state index contributed by atoms with van der Waals surface area (Å²) in [6, 6.07) is 1.53. The van der Waals surface area contributed by atoms with E-state index in [0.717, 1.165) is 25.1 Å². The maximum atomic E-state index is 12.8. The first kappa shape index (κ1) is 18.8. The summed E-state index contributed by atoms with van der Waals surface area (Å²) in [5.41, 5.74) is -0.177. The summed E-state index contributed by atoms with van der Waals surface area (Å²) in [5.74, 6) is -0.694. The van der Waals surface area contributed by atoms with Crippen LogP contribution >= 0.6 is 0 Å². The lowest BCUT2D eigenvalue weighted by Crippen LogP contribution is -2.49. The minimum Gasteiger partial charge on any atom is -0.341 e. The molecule has 2 amide bonds. The number of hydrogen-bond donors (Lipinski definition) is 2. The van der Waals surface area contributed by atoms with Crippen LogP contribution in [0.5, 0.6) is 0 Å². The van der Waals surface area contributed by atoms with Crippen LogP contribution in [0.2, 0.25) is 0 Å². The first-order chi connectivity index (χ1) is 13.2. The largest absolute Gasteiger partial charge is 0.417 e. The number of rotatable bonds is 3. The van der Waals surface area contributed by atoms with Crippen LogP contribution in [0.1, 0.15) is 48.7 Å². The number of piperidine rings is 1. The Kier molecular flexibility index (Phi) is 4.35. The second kappa shape index (κ2) is 6.49. The summed E-state index contributed by atoms with van der Waals surface area (Å²) in [4.78, 5) is 33.2. The maximum Gasteiger partial charge on any atom is 0.417 e. The van der Waals surface area contributed by atoms with E-state index in [0.29, 0.717) is 18.5 Å². The molecule has 1 aliphatic carbocycles. The van der Waals surface area contributed by atoms with Gasteiger partial charge in [0.1, 0.15) is 17.4 Å². The molecule has 0 aromatic carbocycles. The lowest BCUT2D eigenvalue weighted by molar-refractivity contribution is -0.137. The van der Waals surface area contributed by atoms with Gasteiger partial charge in [-0.05, 0) is 50.2 Å². The number of carbonyl (C=O) groups excluding carboxylic acids is 2. The lowest BCUT2D eigenvalue weighted by Gasteiger charge is -2.33. The first-order valence-electron chi connectivity index (χ1n) is 9.33. The van der Waals surface area contributed by atoms with Gasteiger partial charge in [-0.2, -0.15) is 13.2 Å². The highest BCUT2D eigenvalue weighted by Gasteiger charge is 2.45. The van der Waals surface area contributed by atoms with Crippen LogP contribution in [0, 0.1) is 5.41 Å². The lowest BCUT2D eigenvalue weighted by atomic mass is 9.93. The number of nitrogens with one attached hydrogen (secondary N) is 2. The molecule has 9 heteroatoms. The average Bonchev–Trinajstić information content (AvgIpc) is 3.25. The molecule has 2 N–H and O–H groups in total. The first-order valence-corrected chi connectivity index (χ1v) is 9.33. The van der Waals surface area contributed by atoms with Gasteiger partial charge in [0, 0.05) is 24.7 Å². The molecule has 0 radical (unpaired) electrons. The Labute approximate surface area is 159 Å². The maximum absolute atomic E-state index is 12.8. The number of amides is 2. The summed E-state index contributed by atoms with van der Waals surface area (Å²) in [5, 5.41) is 2.81. The van der Waals surface area contributed by atoms with E-state index in [9.17, 15) is 22.8 Å². The molecule has 2 fully saturated rings. The molecule has 6 nitrogen and oxygen atoms in total. The van der Waals surface area contributed by atoms with Crippen molar-refractivity contribution >= 4 is 22.8 Å². The fourth-order valence-electron chi connectivity index (χ4n) is 3.78. The van der Waals surface area contributed by atoms with Crippen molar-refractivity contribution < 1.29 is 22.8 Å². The van der Waals surface area contributed by atoms with Crippen LogP contribution in [0.4, 0.5) is 13.2 Å². The summed E-state index contributed by atoms with van der Waals surface area (Å²) in [6.45, 7) is 3.02. The molecule has 1 spiro atoms. The summed E-state index contributed by atoms with van der Waals surface area (Å²) < 4.78 is 38.4. The fourth-order valence-corrected chi connectivity index (χ4v) is 3.78. The zero-order chi connectivity index (χ0) is 20.1. The third-order valence-electron chi connectivity index (χ3n) is 5.85. The predicted molar refractivity (Wildman–Crippen MR) is 95.5 cm³/mol. The minimum absolute atomic E-state index is 0.0667. The Morgan fingerprint density at radius 2 is 1.89 bits per heavy atom. The minimum atomic E-state index is -4.50. The highest BCUT2D eigenvalue weighted by atomic mass is 19.4. The molecule has 3 heterocycles. The van der Waals surface area contributed by atoms with Gasteiger partial charge in [-0.1, -0.05) is 0 Å². The summed E-state index contributed by atoms with van der Waals surface area (Å²) in [6.07, 6.45) is 0.714. The Morgan fingerprint density at radius 1 is 1.21 bits per heavy atom. The molecule has 4 rings (SSSR count). The van der Waals surface area contributed by atoms with E-state index >= 15 is 0 Å². The molecule has 28 heavy (non-hydrogen) atoms. The average molecular weight is 394 g/mol. The molecule has 0 unspecified atom stereocenters. The zero-order valence-electron chi connectivity index (χ0n) is 15.4. The molecule has 1 saturated carbocycles. The normalized spacial score (nSPS) is 19.6. The van der Waals surface area contributed by atoms with E-state index in [4.69, 9.17) is 0 Å². The molecule has 1 aliphatic heterocycles. The Balaban J connectivity index is 1.41. The molecule has 2 aromatic rings. The van der Waals surface area contributed by atoms with Crippen molar-refractivity contribution in [3.05, 3.63) is 29.6 Å². The standard InChI is InChI=1S/C19H21F3N4O2/c1-11(17(28)26-6-4-18(2-3-18)5-7-26)24-16(27)14-9-12-8-13(19(20,21)22)10-23-15(12)25-14/h8-11H,2-7H2,1H3,(H,23,25)(H,24,27)/t11-/m0/s1. The van der Waals surface area contributed by atoms with Crippen molar-refractivity contribution in [2.75, 3.05) is 13.1 Å². The smallest absolute Gasteiger partial charge is 0.341 e. The van der Waals surface area contributed by atoms with Crippen LogP contribution in [-0.2, 0) is 11.0 Å². The number of aromatic nitrogens is 2. The fraction of sp³-hybridized carbons (Fsp3) is 0.526.